The molecule has 1 amide bonds. The number of carbonyl (C=O) groups excluding carboxylic acids is 2. The van der Waals surface area contributed by atoms with Crippen molar-refractivity contribution in [2.75, 3.05) is 33.4 Å². The molecule has 0 spiro atoms. The minimum Gasteiger partial charge on any atom is -0.464 e. The molecule has 0 aromatic heterocycles. The lowest BCUT2D eigenvalue weighted by Gasteiger charge is -2.09. The Morgan fingerprint density at radius 2 is 2.23 bits per heavy atom. The van der Waals surface area contributed by atoms with Gasteiger partial charge in [0, 0.05) is 13.6 Å². The zero-order chi connectivity index (χ0) is 10.1. The molecule has 0 unspecified atom stereocenters. The van der Waals surface area contributed by atoms with Gasteiger partial charge in [-0.3, -0.25) is 4.79 Å². The highest BCUT2D eigenvalue weighted by Crippen LogP contribution is 1.82. The second-order valence-corrected chi connectivity index (χ2v) is 2.44. The van der Waals surface area contributed by atoms with E-state index in [4.69, 9.17) is 4.74 Å². The van der Waals surface area contributed by atoms with Gasteiger partial charge in [0.25, 0.3) is 0 Å². The first-order valence-corrected chi connectivity index (χ1v) is 4.09. The van der Waals surface area contributed by atoms with Gasteiger partial charge < -0.3 is 14.4 Å². The number of hydrogen-bond acceptors (Lipinski definition) is 4. The zero-order valence-corrected chi connectivity index (χ0v) is 7.99. The Kier molecular flexibility index (Phi) is 6.91. The smallest absolute Gasteiger partial charge is 0.332 e. The van der Waals surface area contributed by atoms with E-state index in [1.807, 2.05) is 0 Å². The van der Waals surface area contributed by atoms with Crippen molar-refractivity contribution in [2.45, 2.75) is 6.92 Å². The molecule has 0 atom stereocenters. The van der Waals surface area contributed by atoms with Crippen LogP contribution in [0.5, 0.6) is 0 Å². The number of amides is 1. The van der Waals surface area contributed by atoms with E-state index in [2.05, 4.69) is 4.74 Å². The summed E-state index contributed by atoms with van der Waals surface area (Å²) in [6.07, 6.45) is 0.702. The van der Waals surface area contributed by atoms with Gasteiger partial charge in [-0.25, -0.2) is 4.79 Å². The predicted molar refractivity (Wildman–Crippen MR) is 46.1 cm³/mol. The van der Waals surface area contributed by atoms with Gasteiger partial charge in [-0.15, -0.1) is 0 Å². The average Bonchev–Trinajstić information content (AvgIpc) is 2.12. The molecule has 0 saturated heterocycles. The van der Waals surface area contributed by atoms with Crippen molar-refractivity contribution in [3.05, 3.63) is 0 Å². The largest absolute Gasteiger partial charge is 0.464 e. The van der Waals surface area contributed by atoms with Crippen LogP contribution in [0.1, 0.15) is 6.92 Å². The first-order valence-electron chi connectivity index (χ1n) is 4.09. The topological polar surface area (TPSA) is 55.8 Å². The minimum atomic E-state index is -0.378. The highest BCUT2D eigenvalue weighted by Gasteiger charge is 2.01. The average molecular weight is 189 g/mol. The lowest BCUT2D eigenvalue weighted by atomic mass is 10.6. The maximum Gasteiger partial charge on any atom is 0.332 e. The summed E-state index contributed by atoms with van der Waals surface area (Å²) in [5, 5.41) is 0. The molecule has 0 radical (unpaired) electrons. The van der Waals surface area contributed by atoms with Crippen molar-refractivity contribution >= 4 is 12.4 Å². The molecule has 13 heavy (non-hydrogen) atoms. The molecule has 0 bridgehead atoms. The van der Waals surface area contributed by atoms with Gasteiger partial charge in [-0.1, -0.05) is 0 Å². The van der Waals surface area contributed by atoms with Crippen LogP contribution in [-0.2, 0) is 19.1 Å². The lowest BCUT2D eigenvalue weighted by molar-refractivity contribution is -0.148. The third kappa shape index (κ3) is 7.27. The van der Waals surface area contributed by atoms with Gasteiger partial charge in [-0.05, 0) is 6.92 Å². The van der Waals surface area contributed by atoms with E-state index in [9.17, 15) is 9.59 Å². The maximum absolute atomic E-state index is 10.7. The monoisotopic (exact) mass is 189 g/mol. The van der Waals surface area contributed by atoms with Crippen LogP contribution in [0.25, 0.3) is 0 Å². The molecule has 0 fully saturated rings. The highest BCUT2D eigenvalue weighted by atomic mass is 16.6. The van der Waals surface area contributed by atoms with Gasteiger partial charge in [0.05, 0.1) is 13.2 Å². The van der Waals surface area contributed by atoms with Crippen molar-refractivity contribution in [1.82, 2.24) is 4.90 Å². The quantitative estimate of drug-likeness (QED) is 0.312. The van der Waals surface area contributed by atoms with Gasteiger partial charge in [0.15, 0.2) is 0 Å². The van der Waals surface area contributed by atoms with Crippen LogP contribution >= 0.6 is 0 Å². The Bertz CT molecular complexity index is 160. The first kappa shape index (κ1) is 11.9. The molecule has 0 rings (SSSR count). The van der Waals surface area contributed by atoms with E-state index < -0.39 is 0 Å². The van der Waals surface area contributed by atoms with E-state index in [0.717, 1.165) is 0 Å². The summed E-state index contributed by atoms with van der Waals surface area (Å²) in [4.78, 5) is 22.3. The molecule has 5 heteroatoms. The normalized spacial score (nSPS) is 9.38. The van der Waals surface area contributed by atoms with E-state index in [1.54, 1.807) is 14.0 Å². The number of carbonyl (C=O) groups is 2. The third-order valence-corrected chi connectivity index (χ3v) is 1.29. The van der Waals surface area contributed by atoms with Crippen LogP contribution in [0.4, 0.5) is 0 Å². The number of esters is 1. The summed E-state index contributed by atoms with van der Waals surface area (Å²) in [6.45, 7) is 2.85. The van der Waals surface area contributed by atoms with E-state index in [-0.39, 0.29) is 12.6 Å². The van der Waals surface area contributed by atoms with Crippen molar-refractivity contribution in [3.8, 4) is 0 Å². The maximum atomic E-state index is 10.7. The molecule has 0 saturated carbocycles. The summed E-state index contributed by atoms with van der Waals surface area (Å²) in [5.74, 6) is -0.378. The number of nitrogens with zero attached hydrogens (tertiary/aromatic N) is 1. The number of likely N-dealkylation sites (N-methyl/N-ethyl adjacent to an activating group) is 1. The van der Waals surface area contributed by atoms with Crippen molar-refractivity contribution in [2.24, 2.45) is 0 Å². The standard InChI is InChI=1S/C8H15NO4/c1-3-13-8(11)6-12-5-4-9(2)7-10/h7H,3-6H2,1-2H3. The first-order chi connectivity index (χ1) is 6.20. The Balaban J connectivity index is 3.25. The molecule has 76 valence electrons. The molecule has 0 aromatic carbocycles. The van der Waals surface area contributed by atoms with Crippen LogP contribution in [0, 0.1) is 0 Å². The minimum absolute atomic E-state index is 0.0550. The summed E-state index contributed by atoms with van der Waals surface area (Å²) in [5.41, 5.74) is 0. The Labute approximate surface area is 77.6 Å². The van der Waals surface area contributed by atoms with Crippen molar-refractivity contribution in [1.29, 1.82) is 0 Å². The Hall–Kier alpha value is -1.10. The SMILES string of the molecule is CCOC(=O)COCCN(C)C=O. The Morgan fingerprint density at radius 1 is 1.54 bits per heavy atom. The summed E-state index contributed by atoms with van der Waals surface area (Å²) in [7, 11) is 1.64. The van der Waals surface area contributed by atoms with Gasteiger partial charge >= 0.3 is 5.97 Å². The molecule has 5 nitrogen and oxygen atoms in total. The van der Waals surface area contributed by atoms with Crippen LogP contribution < -0.4 is 0 Å². The summed E-state index contributed by atoms with van der Waals surface area (Å²) >= 11 is 0. The van der Waals surface area contributed by atoms with Gasteiger partial charge in [0.2, 0.25) is 6.41 Å². The second-order valence-electron chi connectivity index (χ2n) is 2.44. The van der Waals surface area contributed by atoms with Crippen molar-refractivity contribution in [3.63, 3.8) is 0 Å². The fourth-order valence-electron chi connectivity index (χ4n) is 0.619. The molecule has 0 heterocycles. The predicted octanol–water partition coefficient (Wildman–Crippen LogP) is -0.346. The molecule has 0 aromatic rings. The fourth-order valence-corrected chi connectivity index (χ4v) is 0.619. The summed E-state index contributed by atoms with van der Waals surface area (Å²) < 4.78 is 9.57. The molecule has 0 aliphatic rings. The lowest BCUT2D eigenvalue weighted by Crippen LogP contribution is -2.23. The molecule has 0 aliphatic heterocycles. The zero-order valence-electron chi connectivity index (χ0n) is 7.99. The van der Waals surface area contributed by atoms with Crippen LogP contribution in [0.3, 0.4) is 0 Å². The second kappa shape index (κ2) is 7.54. The van der Waals surface area contributed by atoms with Crippen LogP contribution in [0.2, 0.25) is 0 Å². The van der Waals surface area contributed by atoms with Crippen molar-refractivity contribution < 1.29 is 19.1 Å². The number of ether oxygens (including phenoxy) is 2. The molecular weight excluding hydrogens is 174 g/mol. The van der Waals surface area contributed by atoms with E-state index in [1.165, 1.54) is 4.90 Å². The van der Waals surface area contributed by atoms with E-state index >= 15 is 0 Å². The molecule has 0 N–H and O–H groups in total. The number of hydrogen-bond donors (Lipinski definition) is 0. The Morgan fingerprint density at radius 3 is 2.77 bits per heavy atom. The highest BCUT2D eigenvalue weighted by molar-refractivity contribution is 5.70. The fraction of sp³-hybridized carbons (Fsp3) is 0.750. The molecular formula is C8H15NO4. The summed E-state index contributed by atoms with van der Waals surface area (Å²) in [6, 6.07) is 0. The van der Waals surface area contributed by atoms with Gasteiger partial charge in [-0.2, -0.15) is 0 Å². The van der Waals surface area contributed by atoms with Crippen LogP contribution in [-0.4, -0.2) is 50.7 Å². The number of rotatable bonds is 7. The third-order valence-electron chi connectivity index (χ3n) is 1.29. The van der Waals surface area contributed by atoms with Crippen LogP contribution in [0.15, 0.2) is 0 Å². The van der Waals surface area contributed by atoms with Gasteiger partial charge in [0.1, 0.15) is 6.61 Å². The molecule has 0 aliphatic carbocycles. The van der Waals surface area contributed by atoms with E-state index in [0.29, 0.717) is 26.2 Å².